The highest BCUT2D eigenvalue weighted by Crippen LogP contribution is 2.65. The number of hydrogen-bond donors (Lipinski definition) is 1. The smallest absolute Gasteiger partial charge is 0.173 e. The third kappa shape index (κ3) is 2.97. The fourth-order valence-electron chi connectivity index (χ4n) is 7.75. The summed E-state index contributed by atoms with van der Waals surface area (Å²) >= 11 is 0. The standard InChI is InChI=1S/C27H31NO3/c1-26-12-11-22-19(21(26)9-10-24(26)30)8-7-18-13-23(29)20(14-27(18,22)2)25(31)17-5-3-16(15-28)4-6-17/h3-6,13,19-22,24,30H,7-12,14H2,1-2H3/t19-,20?,21-,22+,24?,26-,27-/m0/s1. The Labute approximate surface area is 184 Å². The summed E-state index contributed by atoms with van der Waals surface area (Å²) in [6.45, 7) is 4.57. The first kappa shape index (κ1) is 20.6. The molecule has 0 bridgehead atoms. The lowest BCUT2D eigenvalue weighted by atomic mass is 9.46. The summed E-state index contributed by atoms with van der Waals surface area (Å²) in [4.78, 5) is 26.3. The van der Waals surface area contributed by atoms with Gasteiger partial charge in [-0.05, 0) is 91.7 Å². The molecular formula is C27H31NO3. The average Bonchev–Trinajstić information content (AvgIpc) is 3.08. The fourth-order valence-corrected chi connectivity index (χ4v) is 7.75. The second kappa shape index (κ2) is 7.14. The van der Waals surface area contributed by atoms with Crippen molar-refractivity contribution in [2.75, 3.05) is 0 Å². The summed E-state index contributed by atoms with van der Waals surface area (Å²) in [5.74, 6) is 0.771. The van der Waals surface area contributed by atoms with E-state index in [4.69, 9.17) is 5.26 Å². The Bertz CT molecular complexity index is 1000. The molecule has 4 aliphatic carbocycles. The Hall–Kier alpha value is -2.25. The molecule has 3 fully saturated rings. The fraction of sp³-hybridized carbons (Fsp3) is 0.593. The molecule has 1 aromatic rings. The predicted octanol–water partition coefficient (Wildman–Crippen LogP) is 4.86. The van der Waals surface area contributed by atoms with Gasteiger partial charge in [-0.15, -0.1) is 0 Å². The molecule has 3 saturated carbocycles. The van der Waals surface area contributed by atoms with Gasteiger partial charge in [0.1, 0.15) is 0 Å². The molecule has 4 heteroatoms. The maximum absolute atomic E-state index is 13.3. The Morgan fingerprint density at radius 2 is 1.84 bits per heavy atom. The topological polar surface area (TPSA) is 78.2 Å². The molecule has 162 valence electrons. The molecule has 0 amide bonds. The molecule has 4 nitrogen and oxygen atoms in total. The van der Waals surface area contributed by atoms with Crippen molar-refractivity contribution in [1.82, 2.24) is 0 Å². The number of carbonyl (C=O) groups is 2. The van der Waals surface area contributed by atoms with E-state index < -0.39 is 5.92 Å². The lowest BCUT2D eigenvalue weighted by Crippen LogP contribution is -2.52. The van der Waals surface area contributed by atoms with Gasteiger partial charge in [0.15, 0.2) is 11.6 Å². The summed E-state index contributed by atoms with van der Waals surface area (Å²) in [6, 6.07) is 8.71. The summed E-state index contributed by atoms with van der Waals surface area (Å²) in [6.07, 6.45) is 8.32. The first-order valence-electron chi connectivity index (χ1n) is 11.8. The van der Waals surface area contributed by atoms with Crippen molar-refractivity contribution < 1.29 is 14.7 Å². The van der Waals surface area contributed by atoms with Crippen LogP contribution in [0.3, 0.4) is 0 Å². The number of rotatable bonds is 2. The minimum Gasteiger partial charge on any atom is -0.393 e. The number of fused-ring (bicyclic) bond motifs is 5. The Kier molecular flexibility index (Phi) is 4.75. The van der Waals surface area contributed by atoms with Gasteiger partial charge in [0.05, 0.1) is 23.7 Å². The van der Waals surface area contributed by atoms with Crippen LogP contribution in [0.4, 0.5) is 0 Å². The zero-order valence-electron chi connectivity index (χ0n) is 18.4. The third-order valence-corrected chi connectivity index (χ3v) is 9.59. The monoisotopic (exact) mass is 417 g/mol. The molecule has 0 saturated heterocycles. The van der Waals surface area contributed by atoms with Gasteiger partial charge < -0.3 is 5.11 Å². The number of aliphatic hydroxyl groups excluding tert-OH is 1. The van der Waals surface area contributed by atoms with Crippen LogP contribution in [0, 0.1) is 45.8 Å². The van der Waals surface area contributed by atoms with Crippen LogP contribution in [0.2, 0.25) is 0 Å². The van der Waals surface area contributed by atoms with Crippen molar-refractivity contribution in [1.29, 1.82) is 5.26 Å². The molecule has 5 rings (SSSR count). The van der Waals surface area contributed by atoms with Crippen molar-refractivity contribution in [3.63, 3.8) is 0 Å². The van der Waals surface area contributed by atoms with Gasteiger partial charge in [0.25, 0.3) is 0 Å². The summed E-state index contributed by atoms with van der Waals surface area (Å²) in [5.41, 5.74) is 2.17. The second-order valence-electron chi connectivity index (χ2n) is 10.9. The van der Waals surface area contributed by atoms with Gasteiger partial charge in [0.2, 0.25) is 0 Å². The normalized spacial score (nSPS) is 41.4. The number of allylic oxidation sites excluding steroid dienone is 1. The number of Topliss-reactive ketones (excluding diaryl/α,β-unsaturated/α-hetero) is 1. The van der Waals surface area contributed by atoms with Gasteiger partial charge in [0, 0.05) is 5.56 Å². The van der Waals surface area contributed by atoms with Gasteiger partial charge in [-0.3, -0.25) is 9.59 Å². The number of hydrogen-bond acceptors (Lipinski definition) is 4. The molecule has 1 N–H and O–H groups in total. The molecule has 0 heterocycles. The van der Waals surface area contributed by atoms with E-state index in [0.717, 1.165) is 38.5 Å². The van der Waals surface area contributed by atoms with Gasteiger partial charge in [-0.2, -0.15) is 5.26 Å². The van der Waals surface area contributed by atoms with E-state index in [2.05, 4.69) is 19.9 Å². The van der Waals surface area contributed by atoms with Crippen molar-refractivity contribution in [3.8, 4) is 6.07 Å². The Morgan fingerprint density at radius 3 is 2.55 bits per heavy atom. The zero-order chi connectivity index (χ0) is 22.0. The average molecular weight is 418 g/mol. The highest BCUT2D eigenvalue weighted by molar-refractivity contribution is 6.14. The van der Waals surface area contributed by atoms with E-state index in [9.17, 15) is 14.7 Å². The van der Waals surface area contributed by atoms with Crippen LogP contribution in [-0.2, 0) is 4.79 Å². The van der Waals surface area contributed by atoms with Crippen LogP contribution in [0.1, 0.15) is 74.7 Å². The molecule has 0 aromatic heterocycles. The number of benzene rings is 1. The third-order valence-electron chi connectivity index (χ3n) is 9.59. The molecule has 31 heavy (non-hydrogen) atoms. The van der Waals surface area contributed by atoms with Crippen molar-refractivity contribution in [2.24, 2.45) is 34.5 Å². The summed E-state index contributed by atoms with van der Waals surface area (Å²) < 4.78 is 0. The number of nitriles is 1. The SMILES string of the molecule is C[C@]12CC(C(=O)c3ccc(C#N)cc3)C(=O)C=C1CC[C@@H]1[C@H]2CC[C@]2(C)C(O)CC[C@@H]12. The van der Waals surface area contributed by atoms with E-state index in [1.54, 1.807) is 30.3 Å². The molecule has 0 radical (unpaired) electrons. The first-order valence-corrected chi connectivity index (χ1v) is 11.8. The van der Waals surface area contributed by atoms with E-state index in [1.807, 2.05) is 0 Å². The van der Waals surface area contributed by atoms with Crippen molar-refractivity contribution in [3.05, 3.63) is 47.0 Å². The quantitative estimate of drug-likeness (QED) is 0.551. The lowest BCUT2D eigenvalue weighted by Gasteiger charge is -2.58. The van der Waals surface area contributed by atoms with Crippen molar-refractivity contribution >= 4 is 11.6 Å². The highest BCUT2D eigenvalue weighted by atomic mass is 16.3. The molecule has 2 unspecified atom stereocenters. The van der Waals surface area contributed by atoms with E-state index >= 15 is 0 Å². The lowest BCUT2D eigenvalue weighted by molar-refractivity contribution is -0.121. The predicted molar refractivity (Wildman–Crippen MR) is 117 cm³/mol. The summed E-state index contributed by atoms with van der Waals surface area (Å²) in [7, 11) is 0. The minimum absolute atomic E-state index is 0.0287. The largest absolute Gasteiger partial charge is 0.393 e. The van der Waals surface area contributed by atoms with Crippen LogP contribution in [0.25, 0.3) is 0 Å². The molecule has 0 spiro atoms. The molecule has 1 aromatic carbocycles. The van der Waals surface area contributed by atoms with Crippen LogP contribution in [-0.4, -0.2) is 22.8 Å². The van der Waals surface area contributed by atoms with Crippen LogP contribution in [0.15, 0.2) is 35.9 Å². The Balaban J connectivity index is 1.45. The number of ketones is 2. The number of carbonyl (C=O) groups excluding carboxylic acids is 2. The van der Waals surface area contributed by atoms with Crippen molar-refractivity contribution in [2.45, 2.75) is 64.9 Å². The Morgan fingerprint density at radius 1 is 1.10 bits per heavy atom. The van der Waals surface area contributed by atoms with E-state index in [1.165, 1.54) is 5.57 Å². The second-order valence-corrected chi connectivity index (χ2v) is 10.9. The maximum atomic E-state index is 13.3. The zero-order valence-corrected chi connectivity index (χ0v) is 18.4. The molecule has 7 atom stereocenters. The van der Waals surface area contributed by atoms with Crippen LogP contribution < -0.4 is 0 Å². The summed E-state index contributed by atoms with van der Waals surface area (Å²) in [5, 5.41) is 19.7. The molecular weight excluding hydrogens is 386 g/mol. The van der Waals surface area contributed by atoms with E-state index in [0.29, 0.717) is 35.3 Å². The van der Waals surface area contributed by atoms with Crippen LogP contribution in [0.5, 0.6) is 0 Å². The number of aliphatic hydroxyl groups is 1. The van der Waals surface area contributed by atoms with Gasteiger partial charge in [-0.1, -0.05) is 31.6 Å². The molecule has 0 aliphatic heterocycles. The first-order chi connectivity index (χ1) is 14.8. The highest BCUT2D eigenvalue weighted by Gasteiger charge is 2.59. The van der Waals surface area contributed by atoms with E-state index in [-0.39, 0.29) is 28.5 Å². The van der Waals surface area contributed by atoms with Gasteiger partial charge in [-0.25, -0.2) is 0 Å². The maximum Gasteiger partial charge on any atom is 0.173 e. The van der Waals surface area contributed by atoms with Crippen LogP contribution >= 0.6 is 0 Å². The van der Waals surface area contributed by atoms with Gasteiger partial charge >= 0.3 is 0 Å². The molecule has 4 aliphatic rings. The minimum atomic E-state index is -0.636. The number of nitrogens with zero attached hydrogens (tertiary/aromatic N) is 1.